The monoisotopic (exact) mass is 205 g/mol. The van der Waals surface area contributed by atoms with Gasteiger partial charge in [-0.1, -0.05) is 11.3 Å². The van der Waals surface area contributed by atoms with E-state index in [-0.39, 0.29) is 0 Å². The van der Waals surface area contributed by atoms with E-state index in [2.05, 4.69) is 10.3 Å². The molecule has 3 nitrogen and oxygen atoms in total. The van der Waals surface area contributed by atoms with Crippen LogP contribution >= 0.6 is 11.3 Å². The lowest BCUT2D eigenvalue weighted by atomic mass is 10.3. The second-order valence-electron chi connectivity index (χ2n) is 3.66. The lowest BCUT2D eigenvalue weighted by molar-refractivity contribution is 1.14. The lowest BCUT2D eigenvalue weighted by Crippen LogP contribution is -1.99. The molecule has 1 aliphatic rings. The topological polar surface area (TPSA) is 50.9 Å². The molecule has 1 saturated carbocycles. The molecular formula is C10H11N3S. The summed E-state index contributed by atoms with van der Waals surface area (Å²) in [6, 6.07) is 6.50. The molecule has 0 unspecified atom stereocenters. The molecule has 1 aromatic heterocycles. The summed E-state index contributed by atoms with van der Waals surface area (Å²) in [5.41, 5.74) is 7.54. The Morgan fingerprint density at radius 1 is 1.43 bits per heavy atom. The van der Waals surface area contributed by atoms with Crippen LogP contribution in [0.4, 0.5) is 10.8 Å². The minimum absolute atomic E-state index is 0.660. The van der Waals surface area contributed by atoms with Crippen LogP contribution in [0.2, 0.25) is 0 Å². The van der Waals surface area contributed by atoms with Crippen LogP contribution in [0.15, 0.2) is 18.2 Å². The number of thiazole rings is 1. The zero-order chi connectivity index (χ0) is 9.54. The van der Waals surface area contributed by atoms with E-state index in [4.69, 9.17) is 5.73 Å². The molecule has 72 valence electrons. The summed E-state index contributed by atoms with van der Waals surface area (Å²) in [5.74, 6) is 0. The van der Waals surface area contributed by atoms with Crippen molar-refractivity contribution in [2.24, 2.45) is 0 Å². The number of nitrogen functional groups attached to an aromatic ring is 1. The summed E-state index contributed by atoms with van der Waals surface area (Å²) in [7, 11) is 0. The van der Waals surface area contributed by atoms with Gasteiger partial charge in [0, 0.05) is 11.7 Å². The third-order valence-corrected chi connectivity index (χ3v) is 3.27. The summed E-state index contributed by atoms with van der Waals surface area (Å²) in [4.78, 5) is 4.49. The molecule has 14 heavy (non-hydrogen) atoms. The molecule has 1 aromatic carbocycles. The van der Waals surface area contributed by atoms with E-state index in [0.29, 0.717) is 6.04 Å². The molecule has 2 aromatic rings. The first-order valence-electron chi connectivity index (χ1n) is 4.74. The minimum Gasteiger partial charge on any atom is -0.399 e. The van der Waals surface area contributed by atoms with Crippen LogP contribution in [0.25, 0.3) is 10.2 Å². The molecule has 0 bridgehead atoms. The number of nitrogens with two attached hydrogens (primary N) is 1. The first-order valence-corrected chi connectivity index (χ1v) is 5.55. The standard InChI is InChI=1S/C10H11N3S/c11-6-1-4-8-9(5-6)14-10(13-8)12-7-2-3-7/h1,4-5,7H,2-3,11H2,(H,12,13). The molecule has 0 amide bonds. The minimum atomic E-state index is 0.660. The number of aromatic nitrogens is 1. The first-order chi connectivity index (χ1) is 6.81. The summed E-state index contributed by atoms with van der Waals surface area (Å²) in [6.45, 7) is 0. The molecule has 0 radical (unpaired) electrons. The van der Waals surface area contributed by atoms with Gasteiger partial charge >= 0.3 is 0 Å². The van der Waals surface area contributed by atoms with Crippen LogP contribution in [0.3, 0.4) is 0 Å². The Kier molecular flexibility index (Phi) is 1.64. The Morgan fingerprint density at radius 3 is 3.07 bits per heavy atom. The van der Waals surface area contributed by atoms with Crippen molar-refractivity contribution in [3.63, 3.8) is 0 Å². The van der Waals surface area contributed by atoms with Crippen molar-refractivity contribution in [1.29, 1.82) is 0 Å². The number of nitrogens with one attached hydrogen (secondary N) is 1. The molecule has 3 rings (SSSR count). The predicted octanol–water partition coefficient (Wildman–Crippen LogP) is 2.45. The van der Waals surface area contributed by atoms with E-state index in [0.717, 1.165) is 21.0 Å². The second kappa shape index (κ2) is 2.85. The van der Waals surface area contributed by atoms with E-state index >= 15 is 0 Å². The molecular weight excluding hydrogens is 194 g/mol. The fourth-order valence-electron chi connectivity index (χ4n) is 1.41. The normalized spacial score (nSPS) is 16.0. The summed E-state index contributed by atoms with van der Waals surface area (Å²) in [5, 5.41) is 4.41. The molecule has 0 atom stereocenters. The number of fused-ring (bicyclic) bond motifs is 1. The highest BCUT2D eigenvalue weighted by atomic mass is 32.1. The van der Waals surface area contributed by atoms with Crippen molar-refractivity contribution < 1.29 is 0 Å². The smallest absolute Gasteiger partial charge is 0.184 e. The van der Waals surface area contributed by atoms with E-state index in [1.807, 2.05) is 18.2 Å². The SMILES string of the molecule is Nc1ccc2nc(NC3CC3)sc2c1. The Balaban J connectivity index is 2.01. The van der Waals surface area contributed by atoms with Gasteiger partial charge in [0.05, 0.1) is 10.2 Å². The maximum atomic E-state index is 5.71. The van der Waals surface area contributed by atoms with Crippen LogP contribution in [-0.2, 0) is 0 Å². The highest BCUT2D eigenvalue weighted by molar-refractivity contribution is 7.22. The van der Waals surface area contributed by atoms with Gasteiger partial charge in [0.1, 0.15) is 0 Å². The van der Waals surface area contributed by atoms with Gasteiger partial charge in [0.15, 0.2) is 5.13 Å². The van der Waals surface area contributed by atoms with E-state index in [9.17, 15) is 0 Å². The molecule has 1 heterocycles. The Morgan fingerprint density at radius 2 is 2.29 bits per heavy atom. The largest absolute Gasteiger partial charge is 0.399 e. The van der Waals surface area contributed by atoms with E-state index in [1.165, 1.54) is 12.8 Å². The molecule has 1 fully saturated rings. The van der Waals surface area contributed by atoms with E-state index < -0.39 is 0 Å². The van der Waals surface area contributed by atoms with Crippen molar-refractivity contribution >= 4 is 32.4 Å². The van der Waals surface area contributed by atoms with Gasteiger partial charge in [-0.15, -0.1) is 0 Å². The quantitative estimate of drug-likeness (QED) is 0.740. The van der Waals surface area contributed by atoms with Crippen molar-refractivity contribution in [3.8, 4) is 0 Å². The molecule has 3 N–H and O–H groups in total. The van der Waals surface area contributed by atoms with Crippen LogP contribution in [0.1, 0.15) is 12.8 Å². The maximum absolute atomic E-state index is 5.71. The van der Waals surface area contributed by atoms with Crippen molar-refractivity contribution in [2.75, 3.05) is 11.1 Å². The fourth-order valence-corrected chi connectivity index (χ4v) is 2.40. The number of nitrogens with zero attached hydrogens (tertiary/aromatic N) is 1. The van der Waals surface area contributed by atoms with Gasteiger partial charge in [-0.05, 0) is 31.0 Å². The summed E-state index contributed by atoms with van der Waals surface area (Å²) >= 11 is 1.68. The molecule has 0 saturated heterocycles. The second-order valence-corrected chi connectivity index (χ2v) is 4.70. The van der Waals surface area contributed by atoms with Gasteiger partial charge in [0.2, 0.25) is 0 Å². The molecule has 0 spiro atoms. The van der Waals surface area contributed by atoms with Crippen LogP contribution in [0, 0.1) is 0 Å². The number of hydrogen-bond donors (Lipinski definition) is 2. The van der Waals surface area contributed by atoms with Crippen molar-refractivity contribution in [2.45, 2.75) is 18.9 Å². The maximum Gasteiger partial charge on any atom is 0.184 e. The van der Waals surface area contributed by atoms with Gasteiger partial charge in [0.25, 0.3) is 0 Å². The highest BCUT2D eigenvalue weighted by Crippen LogP contribution is 2.31. The fraction of sp³-hybridized carbons (Fsp3) is 0.300. The predicted molar refractivity (Wildman–Crippen MR) is 60.7 cm³/mol. The number of hydrogen-bond acceptors (Lipinski definition) is 4. The Hall–Kier alpha value is -1.29. The zero-order valence-electron chi connectivity index (χ0n) is 7.66. The average molecular weight is 205 g/mol. The lowest BCUT2D eigenvalue weighted by Gasteiger charge is -1.94. The zero-order valence-corrected chi connectivity index (χ0v) is 8.47. The Bertz CT molecular complexity index is 473. The van der Waals surface area contributed by atoms with Gasteiger partial charge in [-0.25, -0.2) is 4.98 Å². The van der Waals surface area contributed by atoms with Crippen molar-refractivity contribution in [3.05, 3.63) is 18.2 Å². The first kappa shape index (κ1) is 8.05. The van der Waals surface area contributed by atoms with Gasteiger partial charge in [-0.3, -0.25) is 0 Å². The van der Waals surface area contributed by atoms with Gasteiger partial charge < -0.3 is 11.1 Å². The van der Waals surface area contributed by atoms with Gasteiger partial charge in [-0.2, -0.15) is 0 Å². The number of anilines is 2. The number of benzene rings is 1. The molecule has 1 aliphatic carbocycles. The third kappa shape index (κ3) is 1.42. The van der Waals surface area contributed by atoms with E-state index in [1.54, 1.807) is 11.3 Å². The summed E-state index contributed by atoms with van der Waals surface area (Å²) in [6.07, 6.45) is 2.55. The Labute approximate surface area is 86.0 Å². The average Bonchev–Trinajstić information content (AvgIpc) is 2.84. The van der Waals surface area contributed by atoms with Crippen LogP contribution < -0.4 is 11.1 Å². The van der Waals surface area contributed by atoms with Crippen molar-refractivity contribution in [1.82, 2.24) is 4.98 Å². The molecule has 0 aliphatic heterocycles. The van der Waals surface area contributed by atoms with Crippen LogP contribution in [-0.4, -0.2) is 11.0 Å². The highest BCUT2D eigenvalue weighted by Gasteiger charge is 2.22. The number of rotatable bonds is 2. The third-order valence-electron chi connectivity index (χ3n) is 2.32. The molecule has 4 heteroatoms. The van der Waals surface area contributed by atoms with Crippen LogP contribution in [0.5, 0.6) is 0 Å². The summed E-state index contributed by atoms with van der Waals surface area (Å²) < 4.78 is 1.16.